The summed E-state index contributed by atoms with van der Waals surface area (Å²) in [5.41, 5.74) is 1.11. The molecular formula is C14H13ClN2O3. The van der Waals surface area contributed by atoms with Gasteiger partial charge < -0.3 is 10.6 Å². The molecule has 0 spiro atoms. The van der Waals surface area contributed by atoms with Crippen LogP contribution in [0.25, 0.3) is 0 Å². The largest absolute Gasteiger partial charge is 0.338 e. The number of aryl methyl sites for hydroxylation is 1. The van der Waals surface area contributed by atoms with E-state index in [2.05, 4.69) is 16.6 Å². The summed E-state index contributed by atoms with van der Waals surface area (Å²) in [5, 5.41) is 4.75. The average Bonchev–Trinajstić information content (AvgIpc) is 2.45. The third-order valence-corrected chi connectivity index (χ3v) is 2.62. The minimum atomic E-state index is -0.824. The van der Waals surface area contributed by atoms with Crippen molar-refractivity contribution in [1.29, 1.82) is 0 Å². The molecule has 5 nitrogen and oxygen atoms in total. The van der Waals surface area contributed by atoms with E-state index in [-0.39, 0.29) is 23.7 Å². The van der Waals surface area contributed by atoms with Crippen molar-refractivity contribution in [2.45, 2.75) is 6.92 Å². The lowest BCUT2D eigenvalue weighted by Gasteiger charge is -2.10. The molecule has 0 aliphatic carbocycles. The van der Waals surface area contributed by atoms with Gasteiger partial charge in [0.1, 0.15) is 5.88 Å². The van der Waals surface area contributed by atoms with Crippen LogP contribution in [0, 0.1) is 19.3 Å². The molecule has 0 heterocycles. The highest BCUT2D eigenvalue weighted by Crippen LogP contribution is 2.18. The van der Waals surface area contributed by atoms with Gasteiger partial charge in [0.2, 0.25) is 5.91 Å². The molecule has 0 atom stereocenters. The Morgan fingerprint density at radius 2 is 2.05 bits per heavy atom. The van der Waals surface area contributed by atoms with Crippen LogP contribution >= 0.6 is 11.6 Å². The van der Waals surface area contributed by atoms with E-state index in [1.54, 1.807) is 19.1 Å². The second-order valence-electron chi connectivity index (χ2n) is 3.95. The second kappa shape index (κ2) is 7.31. The van der Waals surface area contributed by atoms with Gasteiger partial charge in [-0.05, 0) is 19.1 Å². The number of hydrogen-bond donors (Lipinski definition) is 2. The summed E-state index contributed by atoms with van der Waals surface area (Å²) in [5.74, 6) is -0.102. The van der Waals surface area contributed by atoms with Gasteiger partial charge in [0.05, 0.1) is 17.8 Å². The number of hydrogen-bond acceptors (Lipinski definition) is 3. The molecule has 2 amide bonds. The predicted molar refractivity (Wildman–Crippen MR) is 76.7 cm³/mol. The van der Waals surface area contributed by atoms with E-state index >= 15 is 0 Å². The van der Waals surface area contributed by atoms with Gasteiger partial charge >= 0.3 is 0 Å². The van der Waals surface area contributed by atoms with Gasteiger partial charge in [-0.25, -0.2) is 0 Å². The highest BCUT2D eigenvalue weighted by molar-refractivity contribution is 6.44. The van der Waals surface area contributed by atoms with E-state index in [1.807, 2.05) is 0 Å². The summed E-state index contributed by atoms with van der Waals surface area (Å²) < 4.78 is 0. The number of halogens is 1. The SMILES string of the molecule is C#CCNC(=O)C(=O)c1cc(C)ccc1NC(=O)CCl. The maximum atomic E-state index is 12.0. The maximum absolute atomic E-state index is 12.0. The minimum Gasteiger partial charge on any atom is -0.338 e. The number of amides is 2. The number of ketones is 1. The van der Waals surface area contributed by atoms with Crippen LogP contribution in [-0.2, 0) is 9.59 Å². The minimum absolute atomic E-state index is 0.0419. The third-order valence-electron chi connectivity index (χ3n) is 2.37. The van der Waals surface area contributed by atoms with Crippen molar-refractivity contribution < 1.29 is 14.4 Å². The number of Topliss-reactive ketones (excluding diaryl/α,β-unsaturated/α-hetero) is 1. The van der Waals surface area contributed by atoms with E-state index < -0.39 is 17.6 Å². The molecule has 0 aliphatic heterocycles. The van der Waals surface area contributed by atoms with Crippen molar-refractivity contribution in [2.24, 2.45) is 0 Å². The van der Waals surface area contributed by atoms with Crippen molar-refractivity contribution in [1.82, 2.24) is 5.32 Å². The smallest absolute Gasteiger partial charge is 0.293 e. The van der Waals surface area contributed by atoms with Gasteiger partial charge in [0.15, 0.2) is 0 Å². The molecule has 104 valence electrons. The molecule has 20 heavy (non-hydrogen) atoms. The number of rotatable bonds is 5. The first-order valence-corrected chi connectivity index (χ1v) is 6.25. The molecule has 1 rings (SSSR count). The van der Waals surface area contributed by atoms with Crippen LogP contribution in [0.15, 0.2) is 18.2 Å². The van der Waals surface area contributed by atoms with Gasteiger partial charge in [-0.15, -0.1) is 18.0 Å². The standard InChI is InChI=1S/C14H13ClN2O3/c1-3-6-16-14(20)13(19)10-7-9(2)4-5-11(10)17-12(18)8-15/h1,4-5,7H,6,8H2,2H3,(H,16,20)(H,17,18). The topological polar surface area (TPSA) is 75.3 Å². The Morgan fingerprint density at radius 1 is 1.35 bits per heavy atom. The lowest BCUT2D eigenvalue weighted by molar-refractivity contribution is -0.117. The number of benzene rings is 1. The zero-order chi connectivity index (χ0) is 15.1. The van der Waals surface area contributed by atoms with Crippen LogP contribution in [0.5, 0.6) is 0 Å². The molecule has 0 fully saturated rings. The Bertz CT molecular complexity index is 591. The number of alkyl halides is 1. The predicted octanol–water partition coefficient (Wildman–Crippen LogP) is 1.10. The van der Waals surface area contributed by atoms with Crippen molar-refractivity contribution >= 4 is 34.9 Å². The van der Waals surface area contributed by atoms with Crippen LogP contribution in [-0.4, -0.2) is 30.0 Å². The second-order valence-corrected chi connectivity index (χ2v) is 4.21. The van der Waals surface area contributed by atoms with Crippen LogP contribution in [0.4, 0.5) is 5.69 Å². The Morgan fingerprint density at radius 3 is 2.65 bits per heavy atom. The summed E-state index contributed by atoms with van der Waals surface area (Å²) in [6.45, 7) is 1.73. The van der Waals surface area contributed by atoms with Crippen molar-refractivity contribution in [3.63, 3.8) is 0 Å². The number of nitrogens with one attached hydrogen (secondary N) is 2. The number of terminal acetylenes is 1. The van der Waals surface area contributed by atoms with Crippen molar-refractivity contribution in [3.8, 4) is 12.3 Å². The maximum Gasteiger partial charge on any atom is 0.293 e. The van der Waals surface area contributed by atoms with Crippen LogP contribution < -0.4 is 10.6 Å². The molecule has 1 aromatic carbocycles. The van der Waals surface area contributed by atoms with Crippen LogP contribution in [0.2, 0.25) is 0 Å². The van der Waals surface area contributed by atoms with E-state index in [0.29, 0.717) is 0 Å². The van der Waals surface area contributed by atoms with Crippen molar-refractivity contribution in [2.75, 3.05) is 17.7 Å². The highest BCUT2D eigenvalue weighted by atomic mass is 35.5. The fraction of sp³-hybridized carbons (Fsp3) is 0.214. The molecule has 0 aliphatic rings. The molecule has 2 N–H and O–H groups in total. The van der Waals surface area contributed by atoms with Gasteiger partial charge in [-0.3, -0.25) is 14.4 Å². The zero-order valence-corrected chi connectivity index (χ0v) is 11.6. The first-order chi connectivity index (χ1) is 9.49. The lowest BCUT2D eigenvalue weighted by atomic mass is 10.0. The van der Waals surface area contributed by atoms with E-state index in [9.17, 15) is 14.4 Å². The number of carbonyl (C=O) groups is 3. The van der Waals surface area contributed by atoms with Crippen molar-refractivity contribution in [3.05, 3.63) is 29.3 Å². The van der Waals surface area contributed by atoms with E-state index in [4.69, 9.17) is 18.0 Å². The average molecular weight is 293 g/mol. The molecule has 6 heteroatoms. The summed E-state index contributed by atoms with van der Waals surface area (Å²) >= 11 is 5.40. The Labute approximate surface area is 121 Å². The van der Waals surface area contributed by atoms with E-state index in [0.717, 1.165) is 5.56 Å². The van der Waals surface area contributed by atoms with Gasteiger partial charge in [0, 0.05) is 0 Å². The Kier molecular flexibility index (Phi) is 5.75. The van der Waals surface area contributed by atoms with Gasteiger partial charge in [0.25, 0.3) is 11.7 Å². The summed E-state index contributed by atoms with van der Waals surface area (Å²) in [4.78, 5) is 35.0. The first kappa shape index (κ1) is 15.7. The first-order valence-electron chi connectivity index (χ1n) is 5.72. The van der Waals surface area contributed by atoms with Crippen LogP contribution in [0.3, 0.4) is 0 Å². The monoisotopic (exact) mass is 292 g/mol. The molecule has 0 radical (unpaired) electrons. The Balaban J connectivity index is 3.05. The lowest BCUT2D eigenvalue weighted by Crippen LogP contribution is -2.32. The zero-order valence-electron chi connectivity index (χ0n) is 10.8. The molecular weight excluding hydrogens is 280 g/mol. The Hall–Kier alpha value is -2.32. The summed E-state index contributed by atoms with van der Waals surface area (Å²) in [7, 11) is 0. The molecule has 0 bridgehead atoms. The molecule has 0 aromatic heterocycles. The molecule has 0 saturated heterocycles. The summed E-state index contributed by atoms with van der Waals surface area (Å²) in [6.07, 6.45) is 5.01. The number of anilines is 1. The third kappa shape index (κ3) is 4.11. The quantitative estimate of drug-likeness (QED) is 0.369. The summed E-state index contributed by atoms with van der Waals surface area (Å²) in [6, 6.07) is 4.77. The fourth-order valence-electron chi connectivity index (χ4n) is 1.47. The van der Waals surface area contributed by atoms with Gasteiger partial charge in [-0.1, -0.05) is 17.6 Å². The number of carbonyl (C=O) groups excluding carboxylic acids is 3. The van der Waals surface area contributed by atoms with Crippen LogP contribution in [0.1, 0.15) is 15.9 Å². The van der Waals surface area contributed by atoms with E-state index in [1.165, 1.54) is 6.07 Å². The fourth-order valence-corrected chi connectivity index (χ4v) is 1.54. The normalized spacial score (nSPS) is 9.45. The highest BCUT2D eigenvalue weighted by Gasteiger charge is 2.20. The molecule has 1 aromatic rings. The molecule has 0 saturated carbocycles. The van der Waals surface area contributed by atoms with Gasteiger partial charge in [-0.2, -0.15) is 0 Å². The molecule has 0 unspecified atom stereocenters.